The predicted octanol–water partition coefficient (Wildman–Crippen LogP) is 3.17. The Morgan fingerprint density at radius 2 is 1.62 bits per heavy atom. The number of rotatable bonds is 6. The lowest BCUT2D eigenvalue weighted by Crippen LogP contribution is -2.57. The molecule has 0 radical (unpaired) electrons. The number of benzene rings is 2. The van der Waals surface area contributed by atoms with E-state index < -0.39 is 35.8 Å². The van der Waals surface area contributed by atoms with Gasteiger partial charge in [-0.15, -0.1) is 0 Å². The Morgan fingerprint density at radius 1 is 0.917 bits per heavy atom. The summed E-state index contributed by atoms with van der Waals surface area (Å²) < 4.78 is 5.40. The summed E-state index contributed by atoms with van der Waals surface area (Å²) in [6.45, 7) is 8.35. The van der Waals surface area contributed by atoms with E-state index in [1.54, 1.807) is 36.1 Å². The number of aromatic nitrogens is 1. The number of hydrogen-bond acceptors (Lipinski definition) is 7. The van der Waals surface area contributed by atoms with Crippen molar-refractivity contribution in [1.29, 1.82) is 0 Å². The molecule has 12 nitrogen and oxygen atoms in total. The van der Waals surface area contributed by atoms with E-state index in [2.05, 4.69) is 26.3 Å². The SMILES string of the molecule is CCc1ocnc1C(=O)N1CCCCNC(=O)[C@@H](C)NC(=O)[C@H](CC(C)C)NC(=O)[C@@H](Cc2ccccc2)NC(=O)c2ccc(cc2)C1. The Kier molecular flexibility index (Phi) is 12.9. The van der Waals surface area contributed by atoms with Gasteiger partial charge in [-0.25, -0.2) is 4.98 Å². The lowest BCUT2D eigenvalue weighted by Gasteiger charge is -2.25. The zero-order valence-electron chi connectivity index (χ0n) is 28.1. The Labute approximate surface area is 281 Å². The minimum Gasteiger partial charge on any atom is -0.448 e. The fraction of sp³-hybridized carbons (Fsp3) is 0.444. The van der Waals surface area contributed by atoms with Crippen LogP contribution in [0.25, 0.3) is 0 Å². The fourth-order valence-corrected chi connectivity index (χ4v) is 5.53. The molecular formula is C36H46N6O6. The molecule has 12 heteroatoms. The molecule has 0 saturated carbocycles. The summed E-state index contributed by atoms with van der Waals surface area (Å²) in [7, 11) is 0. The molecule has 2 aliphatic heterocycles. The van der Waals surface area contributed by atoms with Gasteiger partial charge in [-0.2, -0.15) is 0 Å². The summed E-state index contributed by atoms with van der Waals surface area (Å²) in [4.78, 5) is 72.9. The lowest BCUT2D eigenvalue weighted by atomic mass is 10.0. The smallest absolute Gasteiger partial charge is 0.276 e. The van der Waals surface area contributed by atoms with Gasteiger partial charge in [0.15, 0.2) is 12.1 Å². The number of carbonyl (C=O) groups is 5. The normalized spacial score (nSPS) is 20.4. The topological polar surface area (TPSA) is 163 Å². The maximum absolute atomic E-state index is 13.7. The number of fused-ring (bicyclic) bond motifs is 18. The van der Waals surface area contributed by atoms with Crippen molar-refractivity contribution in [2.75, 3.05) is 13.1 Å². The number of nitrogens with zero attached hydrogens (tertiary/aromatic N) is 2. The molecule has 3 aromatic rings. The molecule has 0 saturated heterocycles. The van der Waals surface area contributed by atoms with Gasteiger partial charge in [0.2, 0.25) is 17.7 Å². The Bertz CT molecular complexity index is 1550. The summed E-state index contributed by atoms with van der Waals surface area (Å²) in [6, 6.07) is 13.4. The second-order valence-electron chi connectivity index (χ2n) is 12.5. The maximum Gasteiger partial charge on any atom is 0.276 e. The van der Waals surface area contributed by atoms with Crippen molar-refractivity contribution < 1.29 is 28.4 Å². The molecule has 0 aliphatic carbocycles. The van der Waals surface area contributed by atoms with Gasteiger partial charge < -0.3 is 30.6 Å². The maximum atomic E-state index is 13.7. The summed E-state index contributed by atoms with van der Waals surface area (Å²) in [6.07, 6.45) is 3.50. The summed E-state index contributed by atoms with van der Waals surface area (Å²) in [5.74, 6) is -1.53. The van der Waals surface area contributed by atoms with Crippen molar-refractivity contribution in [3.63, 3.8) is 0 Å². The first-order valence-corrected chi connectivity index (χ1v) is 16.6. The van der Waals surface area contributed by atoms with E-state index in [-0.39, 0.29) is 36.4 Å². The van der Waals surface area contributed by atoms with E-state index >= 15 is 0 Å². The largest absolute Gasteiger partial charge is 0.448 e. The van der Waals surface area contributed by atoms with Crippen LogP contribution in [0.3, 0.4) is 0 Å². The van der Waals surface area contributed by atoms with Crippen LogP contribution in [0, 0.1) is 5.92 Å². The van der Waals surface area contributed by atoms with Gasteiger partial charge >= 0.3 is 0 Å². The third-order valence-corrected chi connectivity index (χ3v) is 8.19. The minimum atomic E-state index is -0.986. The van der Waals surface area contributed by atoms with Crippen LogP contribution in [0.2, 0.25) is 0 Å². The summed E-state index contributed by atoms with van der Waals surface area (Å²) in [5.41, 5.74) is 2.23. The average molecular weight is 659 g/mol. The standard InChI is InChI=1S/C36H46N6O6/c1-5-30-31(38-22-48-30)36(47)42-18-10-9-17-37-32(43)24(4)39-34(45)28(19-23(2)3)41-35(46)29(20-25-11-7-6-8-12-25)40-33(44)27-15-13-26(21-42)14-16-27/h6-8,11-16,22-24,28-29H,5,9-10,17-21H2,1-4H3,(H,37,43)(H,39,45)(H,40,44)(H,41,46)/t24-,28+,29-/m1/s1. The predicted molar refractivity (Wildman–Crippen MR) is 180 cm³/mol. The van der Waals surface area contributed by atoms with E-state index in [9.17, 15) is 24.0 Å². The number of amides is 5. The van der Waals surface area contributed by atoms with Crippen LogP contribution >= 0.6 is 0 Å². The number of hydrogen-bond donors (Lipinski definition) is 4. The Morgan fingerprint density at radius 3 is 2.31 bits per heavy atom. The van der Waals surface area contributed by atoms with E-state index in [1.807, 2.05) is 51.1 Å². The van der Waals surface area contributed by atoms with Crippen molar-refractivity contribution in [1.82, 2.24) is 31.2 Å². The lowest BCUT2D eigenvalue weighted by molar-refractivity contribution is -0.132. The van der Waals surface area contributed by atoms with E-state index in [0.29, 0.717) is 50.1 Å². The highest BCUT2D eigenvalue weighted by Crippen LogP contribution is 2.16. The molecule has 2 aromatic carbocycles. The number of oxazole rings is 1. The first-order chi connectivity index (χ1) is 23.0. The van der Waals surface area contributed by atoms with E-state index in [4.69, 9.17) is 4.42 Å². The monoisotopic (exact) mass is 658 g/mol. The van der Waals surface area contributed by atoms with E-state index in [1.165, 1.54) is 6.39 Å². The van der Waals surface area contributed by atoms with Crippen molar-refractivity contribution in [3.8, 4) is 0 Å². The molecule has 0 unspecified atom stereocenters. The molecule has 2 aliphatic rings. The fourth-order valence-electron chi connectivity index (χ4n) is 5.53. The molecule has 5 rings (SSSR count). The van der Waals surface area contributed by atoms with Crippen molar-refractivity contribution in [3.05, 3.63) is 89.1 Å². The number of carbonyl (C=O) groups excluding carboxylic acids is 5. The van der Waals surface area contributed by atoms with Crippen LogP contribution in [0.5, 0.6) is 0 Å². The van der Waals surface area contributed by atoms with Crippen LogP contribution < -0.4 is 21.3 Å². The van der Waals surface area contributed by atoms with Gasteiger partial charge in [-0.3, -0.25) is 24.0 Å². The number of aryl methyl sites for hydroxylation is 1. The van der Waals surface area contributed by atoms with Crippen molar-refractivity contribution in [2.24, 2.45) is 5.92 Å². The molecule has 48 heavy (non-hydrogen) atoms. The molecule has 1 aromatic heterocycles. The van der Waals surface area contributed by atoms with Crippen LogP contribution in [-0.4, -0.2) is 70.6 Å². The van der Waals surface area contributed by atoms with Crippen LogP contribution in [0.4, 0.5) is 0 Å². The molecule has 4 N–H and O–H groups in total. The van der Waals surface area contributed by atoms with E-state index in [0.717, 1.165) is 11.1 Å². The van der Waals surface area contributed by atoms with Crippen molar-refractivity contribution >= 4 is 29.5 Å². The quantitative estimate of drug-likeness (QED) is 0.296. The van der Waals surface area contributed by atoms with Gasteiger partial charge in [0.1, 0.15) is 23.9 Å². The second-order valence-corrected chi connectivity index (χ2v) is 12.5. The first-order valence-electron chi connectivity index (χ1n) is 16.6. The molecule has 256 valence electrons. The minimum absolute atomic E-state index is 0.0598. The Hall–Kier alpha value is -5.00. The zero-order valence-corrected chi connectivity index (χ0v) is 28.1. The van der Waals surface area contributed by atoms with Gasteiger partial charge in [0, 0.05) is 38.0 Å². The van der Waals surface area contributed by atoms with Gasteiger partial charge in [-0.05, 0) is 55.4 Å². The molecule has 2 bridgehead atoms. The summed E-state index contributed by atoms with van der Waals surface area (Å²) in [5, 5.41) is 11.3. The van der Waals surface area contributed by atoms with Crippen LogP contribution in [-0.2, 0) is 33.8 Å². The zero-order chi connectivity index (χ0) is 34.6. The summed E-state index contributed by atoms with van der Waals surface area (Å²) >= 11 is 0. The molecule has 0 spiro atoms. The van der Waals surface area contributed by atoms with Gasteiger partial charge in [-0.1, -0.05) is 63.2 Å². The highest BCUT2D eigenvalue weighted by Gasteiger charge is 2.30. The van der Waals surface area contributed by atoms with Crippen LogP contribution in [0.15, 0.2) is 65.4 Å². The Balaban J connectivity index is 1.62. The second kappa shape index (κ2) is 17.2. The molecule has 0 fully saturated rings. The third-order valence-electron chi connectivity index (χ3n) is 8.19. The number of nitrogens with one attached hydrogen (secondary N) is 4. The van der Waals surface area contributed by atoms with Crippen molar-refractivity contribution in [2.45, 2.75) is 84.5 Å². The van der Waals surface area contributed by atoms with Crippen LogP contribution in [0.1, 0.15) is 84.7 Å². The molecule has 5 amide bonds. The first kappa shape index (κ1) is 35.8. The molecule has 3 heterocycles. The van der Waals surface area contributed by atoms with Gasteiger partial charge in [0.05, 0.1) is 0 Å². The third kappa shape index (κ3) is 10.00. The highest BCUT2D eigenvalue weighted by molar-refractivity contribution is 5.99. The molecular weight excluding hydrogens is 612 g/mol. The van der Waals surface area contributed by atoms with Gasteiger partial charge in [0.25, 0.3) is 11.8 Å². The molecule has 3 atom stereocenters. The highest BCUT2D eigenvalue weighted by atomic mass is 16.3. The average Bonchev–Trinajstić information content (AvgIpc) is 3.55.